The van der Waals surface area contributed by atoms with Gasteiger partial charge >= 0.3 is 6.36 Å². The van der Waals surface area contributed by atoms with Gasteiger partial charge < -0.3 is 10.1 Å². The Morgan fingerprint density at radius 1 is 0.947 bits per heavy atom. The van der Waals surface area contributed by atoms with E-state index in [1.807, 2.05) is 31.2 Å². The van der Waals surface area contributed by atoms with Crippen molar-refractivity contribution in [1.29, 1.82) is 0 Å². The number of benzene rings is 2. The predicted octanol–water partition coefficient (Wildman–Crippen LogP) is 4.64. The Balaban J connectivity index is 2.13. The van der Waals surface area contributed by atoms with E-state index in [9.17, 15) is 13.2 Å². The lowest BCUT2D eigenvalue weighted by Gasteiger charge is -2.11. The summed E-state index contributed by atoms with van der Waals surface area (Å²) in [5.74, 6) is -0.246. The van der Waals surface area contributed by atoms with E-state index >= 15 is 0 Å². The molecule has 0 bridgehead atoms. The van der Waals surface area contributed by atoms with Gasteiger partial charge in [0.2, 0.25) is 0 Å². The van der Waals surface area contributed by atoms with Gasteiger partial charge in [-0.25, -0.2) is 0 Å². The summed E-state index contributed by atoms with van der Waals surface area (Å²) in [7, 11) is 0. The van der Waals surface area contributed by atoms with Gasteiger partial charge in [0.05, 0.1) is 0 Å². The first-order valence-corrected chi connectivity index (χ1v) is 5.62. The molecule has 0 aliphatic carbocycles. The zero-order chi connectivity index (χ0) is 13.9. The minimum absolute atomic E-state index is 0.246. The van der Waals surface area contributed by atoms with Gasteiger partial charge in [-0.3, -0.25) is 0 Å². The molecule has 2 rings (SSSR count). The maximum Gasteiger partial charge on any atom is 0.573 e. The molecule has 2 aromatic carbocycles. The van der Waals surface area contributed by atoms with Crippen LogP contribution >= 0.6 is 0 Å². The fraction of sp³-hybridized carbons (Fsp3) is 0.143. The van der Waals surface area contributed by atoms with Crippen molar-refractivity contribution < 1.29 is 17.9 Å². The lowest BCUT2D eigenvalue weighted by molar-refractivity contribution is -0.274. The van der Waals surface area contributed by atoms with E-state index in [1.54, 1.807) is 6.07 Å². The molecule has 0 radical (unpaired) electrons. The van der Waals surface area contributed by atoms with Crippen molar-refractivity contribution in [3.8, 4) is 5.75 Å². The van der Waals surface area contributed by atoms with Crippen LogP contribution in [0.3, 0.4) is 0 Å². The standard InChI is InChI=1S/C14H12F3NO/c1-10-5-7-11(8-6-10)18-12-3-2-4-13(9-12)19-14(15,16)17/h2-9,18H,1H3. The third kappa shape index (κ3) is 4.21. The molecule has 0 aromatic heterocycles. The van der Waals surface area contributed by atoms with E-state index < -0.39 is 6.36 Å². The Morgan fingerprint density at radius 2 is 1.63 bits per heavy atom. The molecule has 1 N–H and O–H groups in total. The van der Waals surface area contributed by atoms with Crippen molar-refractivity contribution in [2.24, 2.45) is 0 Å². The minimum atomic E-state index is -4.68. The van der Waals surface area contributed by atoms with Crippen LogP contribution in [0.25, 0.3) is 0 Å². The average Bonchev–Trinajstić information content (AvgIpc) is 2.30. The minimum Gasteiger partial charge on any atom is -0.406 e. The van der Waals surface area contributed by atoms with E-state index in [0.29, 0.717) is 5.69 Å². The van der Waals surface area contributed by atoms with Crippen LogP contribution in [0.1, 0.15) is 5.56 Å². The average molecular weight is 267 g/mol. The second-order valence-electron chi connectivity index (χ2n) is 4.07. The maximum absolute atomic E-state index is 12.1. The Bertz CT molecular complexity index is 549. The van der Waals surface area contributed by atoms with E-state index in [4.69, 9.17) is 0 Å². The van der Waals surface area contributed by atoms with Crippen LogP contribution in [0, 0.1) is 6.92 Å². The molecule has 0 aliphatic rings. The highest BCUT2D eigenvalue weighted by Gasteiger charge is 2.31. The second-order valence-corrected chi connectivity index (χ2v) is 4.07. The van der Waals surface area contributed by atoms with Gasteiger partial charge in [-0.15, -0.1) is 13.2 Å². The summed E-state index contributed by atoms with van der Waals surface area (Å²) in [5, 5.41) is 3.01. The van der Waals surface area contributed by atoms with Crippen molar-refractivity contribution in [2.75, 3.05) is 5.32 Å². The van der Waals surface area contributed by atoms with Gasteiger partial charge in [0, 0.05) is 17.4 Å². The van der Waals surface area contributed by atoms with E-state index in [2.05, 4.69) is 10.1 Å². The molecule has 0 fully saturated rings. The number of alkyl halides is 3. The highest BCUT2D eigenvalue weighted by Crippen LogP contribution is 2.26. The number of halogens is 3. The normalized spacial score (nSPS) is 11.2. The highest BCUT2D eigenvalue weighted by molar-refractivity contribution is 5.61. The van der Waals surface area contributed by atoms with Gasteiger partial charge in [-0.1, -0.05) is 23.8 Å². The summed E-state index contributed by atoms with van der Waals surface area (Å²) < 4.78 is 40.2. The molecular formula is C14H12F3NO. The molecule has 0 saturated heterocycles. The molecule has 2 aromatic rings. The Labute approximate surface area is 108 Å². The summed E-state index contributed by atoms with van der Waals surface area (Å²) in [6.07, 6.45) is -4.68. The lowest BCUT2D eigenvalue weighted by Crippen LogP contribution is -2.17. The molecule has 0 aliphatic heterocycles. The van der Waals surface area contributed by atoms with Crippen LogP contribution in [0.5, 0.6) is 5.75 Å². The summed E-state index contributed by atoms with van der Waals surface area (Å²) >= 11 is 0. The number of hydrogen-bond donors (Lipinski definition) is 1. The van der Waals surface area contributed by atoms with Crippen LogP contribution < -0.4 is 10.1 Å². The molecule has 0 spiro atoms. The van der Waals surface area contributed by atoms with Crippen LogP contribution in [-0.4, -0.2) is 6.36 Å². The lowest BCUT2D eigenvalue weighted by atomic mass is 10.2. The maximum atomic E-state index is 12.1. The number of aryl methyl sites for hydroxylation is 1. The largest absolute Gasteiger partial charge is 0.573 e. The van der Waals surface area contributed by atoms with Crippen molar-refractivity contribution >= 4 is 11.4 Å². The van der Waals surface area contributed by atoms with Crippen LogP contribution in [0.4, 0.5) is 24.5 Å². The zero-order valence-corrected chi connectivity index (χ0v) is 10.2. The van der Waals surface area contributed by atoms with Crippen LogP contribution in [0.2, 0.25) is 0 Å². The second kappa shape index (κ2) is 5.22. The SMILES string of the molecule is Cc1ccc(Nc2cccc(OC(F)(F)F)c2)cc1. The third-order valence-corrected chi connectivity index (χ3v) is 2.41. The number of rotatable bonds is 3. The van der Waals surface area contributed by atoms with E-state index in [-0.39, 0.29) is 5.75 Å². The fourth-order valence-corrected chi connectivity index (χ4v) is 1.57. The Morgan fingerprint density at radius 3 is 2.26 bits per heavy atom. The first-order chi connectivity index (χ1) is 8.92. The third-order valence-electron chi connectivity index (χ3n) is 2.41. The first-order valence-electron chi connectivity index (χ1n) is 5.62. The van der Waals surface area contributed by atoms with Gasteiger partial charge in [-0.05, 0) is 31.2 Å². The van der Waals surface area contributed by atoms with Crippen LogP contribution in [0.15, 0.2) is 48.5 Å². The first kappa shape index (κ1) is 13.3. The Kier molecular flexibility index (Phi) is 3.64. The zero-order valence-electron chi connectivity index (χ0n) is 10.2. The van der Waals surface area contributed by atoms with Crippen molar-refractivity contribution in [1.82, 2.24) is 0 Å². The summed E-state index contributed by atoms with van der Waals surface area (Å²) in [6.45, 7) is 1.96. The fourth-order valence-electron chi connectivity index (χ4n) is 1.57. The molecular weight excluding hydrogens is 255 g/mol. The quantitative estimate of drug-likeness (QED) is 0.874. The topological polar surface area (TPSA) is 21.3 Å². The van der Waals surface area contributed by atoms with Crippen molar-refractivity contribution in [3.63, 3.8) is 0 Å². The summed E-state index contributed by atoms with van der Waals surface area (Å²) in [4.78, 5) is 0. The molecule has 0 heterocycles. The van der Waals surface area contributed by atoms with E-state index in [1.165, 1.54) is 18.2 Å². The number of nitrogens with one attached hydrogen (secondary N) is 1. The molecule has 19 heavy (non-hydrogen) atoms. The predicted molar refractivity (Wildman–Crippen MR) is 67.6 cm³/mol. The van der Waals surface area contributed by atoms with Crippen LogP contribution in [-0.2, 0) is 0 Å². The molecule has 0 saturated carbocycles. The van der Waals surface area contributed by atoms with Gasteiger partial charge in [0.15, 0.2) is 0 Å². The highest BCUT2D eigenvalue weighted by atomic mass is 19.4. The molecule has 5 heteroatoms. The molecule has 100 valence electrons. The number of hydrogen-bond acceptors (Lipinski definition) is 2. The van der Waals surface area contributed by atoms with Gasteiger partial charge in [0.1, 0.15) is 5.75 Å². The van der Waals surface area contributed by atoms with Crippen molar-refractivity contribution in [2.45, 2.75) is 13.3 Å². The number of anilines is 2. The molecule has 0 atom stereocenters. The van der Waals surface area contributed by atoms with E-state index in [0.717, 1.165) is 11.3 Å². The summed E-state index contributed by atoms with van der Waals surface area (Å²) in [6, 6.07) is 13.3. The Hall–Kier alpha value is -2.17. The monoisotopic (exact) mass is 267 g/mol. The smallest absolute Gasteiger partial charge is 0.406 e. The summed E-state index contributed by atoms with van der Waals surface area (Å²) in [5.41, 5.74) is 2.44. The number of ether oxygens (including phenoxy) is 1. The molecule has 0 unspecified atom stereocenters. The van der Waals surface area contributed by atoms with Gasteiger partial charge in [-0.2, -0.15) is 0 Å². The molecule has 0 amide bonds. The molecule has 2 nitrogen and oxygen atoms in total. The van der Waals surface area contributed by atoms with Crippen molar-refractivity contribution in [3.05, 3.63) is 54.1 Å². The van der Waals surface area contributed by atoms with Gasteiger partial charge in [0.25, 0.3) is 0 Å².